The molecule has 0 aliphatic rings. The summed E-state index contributed by atoms with van der Waals surface area (Å²) >= 11 is 26.3. The minimum Gasteiger partial charge on any atom is -0.354 e. The Morgan fingerprint density at radius 1 is 0.868 bits per heavy atom. The van der Waals surface area contributed by atoms with Crippen molar-refractivity contribution in [2.45, 2.75) is 38.6 Å². The van der Waals surface area contributed by atoms with Gasteiger partial charge in [-0.05, 0) is 46.9 Å². The predicted octanol–water partition coefficient (Wildman–Crippen LogP) is 7.95. The fourth-order valence-electron chi connectivity index (χ4n) is 3.78. The molecule has 3 aromatic rings. The van der Waals surface area contributed by atoms with Crippen LogP contribution < -0.4 is 5.32 Å². The van der Waals surface area contributed by atoms with E-state index in [4.69, 9.17) is 46.4 Å². The molecule has 38 heavy (non-hydrogen) atoms. The Bertz CT molecular complexity index is 1240. The molecule has 1 N–H and O–H groups in total. The molecule has 0 fully saturated rings. The van der Waals surface area contributed by atoms with E-state index in [0.29, 0.717) is 44.4 Å². The van der Waals surface area contributed by atoms with Crippen LogP contribution in [0.15, 0.2) is 66.7 Å². The first-order valence-corrected chi connectivity index (χ1v) is 14.9. The second-order valence-electron chi connectivity index (χ2n) is 9.33. The lowest BCUT2D eigenvalue weighted by molar-refractivity contribution is -0.139. The molecule has 0 saturated heterocycles. The van der Waals surface area contributed by atoms with Gasteiger partial charge in [0, 0.05) is 45.4 Å². The van der Waals surface area contributed by atoms with Gasteiger partial charge in [-0.25, -0.2) is 0 Å². The lowest BCUT2D eigenvalue weighted by atomic mass is 10.0. The smallest absolute Gasteiger partial charge is 0.243 e. The number of amides is 2. The van der Waals surface area contributed by atoms with E-state index < -0.39 is 6.04 Å². The standard InChI is InChI=1S/C29H30Cl4N2O2S/c1-19(2)15-34-29(37)27(12-20-6-4-3-5-7-20)35(16-21-8-10-23(30)13-25(21)32)28(36)18-38-17-22-9-11-24(31)14-26(22)33/h3-11,13-14,19,27H,12,15-18H2,1-2H3,(H,34,37). The molecule has 0 aliphatic carbocycles. The van der Waals surface area contributed by atoms with Gasteiger partial charge in [-0.2, -0.15) is 0 Å². The fraction of sp³-hybridized carbons (Fsp3) is 0.310. The molecule has 1 unspecified atom stereocenters. The first kappa shape index (κ1) is 30.6. The van der Waals surface area contributed by atoms with Crippen molar-refractivity contribution in [3.8, 4) is 0 Å². The molecular weight excluding hydrogens is 582 g/mol. The Morgan fingerprint density at radius 3 is 2.05 bits per heavy atom. The highest BCUT2D eigenvalue weighted by atomic mass is 35.5. The molecule has 202 valence electrons. The van der Waals surface area contributed by atoms with Crippen molar-refractivity contribution < 1.29 is 9.59 Å². The summed E-state index contributed by atoms with van der Waals surface area (Å²) in [5, 5.41) is 5.07. The predicted molar refractivity (Wildman–Crippen MR) is 161 cm³/mol. The maximum atomic E-state index is 13.7. The summed E-state index contributed by atoms with van der Waals surface area (Å²) in [6.07, 6.45) is 0.370. The second-order valence-corrected chi connectivity index (χ2v) is 12.0. The molecule has 0 aromatic heterocycles. The highest BCUT2D eigenvalue weighted by Gasteiger charge is 2.30. The minimum absolute atomic E-state index is 0.160. The van der Waals surface area contributed by atoms with Gasteiger partial charge in [0.2, 0.25) is 11.8 Å². The average molecular weight is 612 g/mol. The number of halogens is 4. The number of benzene rings is 3. The largest absolute Gasteiger partial charge is 0.354 e. The molecule has 0 bridgehead atoms. The van der Waals surface area contributed by atoms with Crippen LogP contribution >= 0.6 is 58.2 Å². The van der Waals surface area contributed by atoms with E-state index in [0.717, 1.165) is 11.1 Å². The number of carbonyl (C=O) groups is 2. The minimum atomic E-state index is -0.727. The molecular formula is C29H30Cl4N2O2S. The lowest BCUT2D eigenvalue weighted by Gasteiger charge is -2.32. The number of nitrogens with zero attached hydrogens (tertiary/aromatic N) is 1. The Labute approximate surface area is 249 Å². The second kappa shape index (κ2) is 15.0. The number of nitrogens with one attached hydrogen (secondary N) is 1. The molecule has 1 atom stereocenters. The summed E-state index contributed by atoms with van der Waals surface area (Å²) in [5.74, 6) is 0.580. The van der Waals surface area contributed by atoms with Crippen LogP contribution in [-0.2, 0) is 28.3 Å². The van der Waals surface area contributed by atoms with Gasteiger partial charge in [0.15, 0.2) is 0 Å². The van der Waals surface area contributed by atoms with Crippen molar-refractivity contribution >= 4 is 70.0 Å². The Hall–Kier alpha value is -1.89. The lowest BCUT2D eigenvalue weighted by Crippen LogP contribution is -2.51. The van der Waals surface area contributed by atoms with Gasteiger partial charge in [-0.15, -0.1) is 11.8 Å². The third-order valence-electron chi connectivity index (χ3n) is 5.81. The maximum absolute atomic E-state index is 13.7. The highest BCUT2D eigenvalue weighted by molar-refractivity contribution is 7.99. The zero-order valence-corrected chi connectivity index (χ0v) is 25.1. The van der Waals surface area contributed by atoms with Gasteiger partial charge in [0.05, 0.1) is 5.75 Å². The molecule has 0 heterocycles. The van der Waals surface area contributed by atoms with E-state index >= 15 is 0 Å². The van der Waals surface area contributed by atoms with Gasteiger partial charge in [0.1, 0.15) is 6.04 Å². The molecule has 0 saturated carbocycles. The van der Waals surface area contributed by atoms with Crippen LogP contribution in [0, 0.1) is 5.92 Å². The Morgan fingerprint density at radius 2 is 1.47 bits per heavy atom. The monoisotopic (exact) mass is 610 g/mol. The van der Waals surface area contributed by atoms with Crippen molar-refractivity contribution in [1.29, 1.82) is 0 Å². The first-order valence-electron chi connectivity index (χ1n) is 12.2. The topological polar surface area (TPSA) is 49.4 Å². The molecule has 0 spiro atoms. The summed E-state index contributed by atoms with van der Waals surface area (Å²) in [4.78, 5) is 28.9. The molecule has 0 aliphatic heterocycles. The highest BCUT2D eigenvalue weighted by Crippen LogP contribution is 2.27. The van der Waals surface area contributed by atoms with Crippen molar-refractivity contribution in [1.82, 2.24) is 10.2 Å². The van der Waals surface area contributed by atoms with E-state index in [1.807, 2.05) is 50.2 Å². The zero-order chi connectivity index (χ0) is 27.7. The summed E-state index contributed by atoms with van der Waals surface area (Å²) in [6.45, 7) is 4.74. The SMILES string of the molecule is CC(C)CNC(=O)C(Cc1ccccc1)N(Cc1ccc(Cl)cc1Cl)C(=O)CSCc1ccc(Cl)cc1Cl. The van der Waals surface area contributed by atoms with Crippen molar-refractivity contribution in [2.75, 3.05) is 12.3 Å². The number of thioether (sulfide) groups is 1. The van der Waals surface area contributed by atoms with Gasteiger partial charge >= 0.3 is 0 Å². The van der Waals surface area contributed by atoms with Crippen LogP contribution in [0.2, 0.25) is 20.1 Å². The van der Waals surface area contributed by atoms with E-state index in [2.05, 4.69) is 5.32 Å². The van der Waals surface area contributed by atoms with Crippen LogP contribution in [0.3, 0.4) is 0 Å². The van der Waals surface area contributed by atoms with Crippen LogP contribution in [0.25, 0.3) is 0 Å². The Kier molecular flexibility index (Phi) is 12.1. The van der Waals surface area contributed by atoms with Crippen LogP contribution in [-0.4, -0.2) is 35.1 Å². The molecule has 4 nitrogen and oxygen atoms in total. The van der Waals surface area contributed by atoms with E-state index in [-0.39, 0.29) is 30.0 Å². The quantitative estimate of drug-likeness (QED) is 0.226. The van der Waals surface area contributed by atoms with Gasteiger partial charge in [-0.3, -0.25) is 9.59 Å². The summed E-state index contributed by atoms with van der Waals surface area (Å²) in [7, 11) is 0. The normalized spacial score (nSPS) is 11.9. The third-order valence-corrected chi connectivity index (χ3v) is 7.95. The zero-order valence-electron chi connectivity index (χ0n) is 21.2. The van der Waals surface area contributed by atoms with Crippen LogP contribution in [0.5, 0.6) is 0 Å². The molecule has 2 amide bonds. The summed E-state index contributed by atoms with van der Waals surface area (Å²) in [5.41, 5.74) is 2.55. The van der Waals surface area contributed by atoms with Crippen molar-refractivity contribution in [2.24, 2.45) is 5.92 Å². The van der Waals surface area contributed by atoms with Crippen molar-refractivity contribution in [3.05, 3.63) is 104 Å². The Balaban J connectivity index is 1.88. The third kappa shape index (κ3) is 9.39. The van der Waals surface area contributed by atoms with Crippen LogP contribution in [0.4, 0.5) is 0 Å². The molecule has 9 heteroatoms. The number of hydrogen-bond acceptors (Lipinski definition) is 3. The number of hydrogen-bond donors (Lipinski definition) is 1. The molecule has 0 radical (unpaired) electrons. The first-order chi connectivity index (χ1) is 18.1. The van der Waals surface area contributed by atoms with Crippen molar-refractivity contribution in [3.63, 3.8) is 0 Å². The number of carbonyl (C=O) groups excluding carboxylic acids is 2. The van der Waals surface area contributed by atoms with E-state index in [1.165, 1.54) is 11.8 Å². The van der Waals surface area contributed by atoms with E-state index in [9.17, 15) is 9.59 Å². The fourth-order valence-corrected chi connectivity index (χ4v) is 5.72. The van der Waals surface area contributed by atoms with Gasteiger partial charge in [-0.1, -0.05) is 103 Å². The number of rotatable bonds is 12. The van der Waals surface area contributed by atoms with Gasteiger partial charge < -0.3 is 10.2 Å². The maximum Gasteiger partial charge on any atom is 0.243 e. The molecule has 3 aromatic carbocycles. The van der Waals surface area contributed by atoms with E-state index in [1.54, 1.807) is 35.2 Å². The summed E-state index contributed by atoms with van der Waals surface area (Å²) in [6, 6.07) is 19.4. The molecule has 3 rings (SSSR count). The average Bonchev–Trinajstić information content (AvgIpc) is 2.87. The summed E-state index contributed by atoms with van der Waals surface area (Å²) < 4.78 is 0. The van der Waals surface area contributed by atoms with Crippen LogP contribution in [0.1, 0.15) is 30.5 Å². The van der Waals surface area contributed by atoms with Gasteiger partial charge in [0.25, 0.3) is 0 Å².